The Bertz CT molecular complexity index is 915. The first-order chi connectivity index (χ1) is 14.9. The number of rotatable bonds is 5. The van der Waals surface area contributed by atoms with Gasteiger partial charge >= 0.3 is 0 Å². The number of carbonyl (C=O) groups excluding carboxylic acids is 1. The summed E-state index contributed by atoms with van der Waals surface area (Å²) in [4.78, 5) is 15.3. The normalized spacial score (nSPS) is 32.7. The van der Waals surface area contributed by atoms with Crippen molar-refractivity contribution in [3.8, 4) is 5.75 Å². The van der Waals surface area contributed by atoms with Crippen LogP contribution in [0.3, 0.4) is 0 Å². The molecule has 1 amide bonds. The second-order valence-electron chi connectivity index (χ2n) is 10.4. The smallest absolute Gasteiger partial charge is 0.257 e. The van der Waals surface area contributed by atoms with Crippen LogP contribution >= 0.6 is 0 Å². The van der Waals surface area contributed by atoms with Crippen LogP contribution < -0.4 is 9.46 Å². The summed E-state index contributed by atoms with van der Waals surface area (Å²) in [6.07, 6.45) is 10.9. The van der Waals surface area contributed by atoms with E-state index >= 15 is 0 Å². The predicted molar refractivity (Wildman–Crippen MR) is 119 cm³/mol. The van der Waals surface area contributed by atoms with Crippen molar-refractivity contribution in [2.75, 3.05) is 20.2 Å². The topological polar surface area (TPSA) is 75.7 Å². The number of likely N-dealkylation sites (tertiary alicyclic amines) is 1. The lowest BCUT2D eigenvalue weighted by Crippen LogP contribution is -2.59. The van der Waals surface area contributed by atoms with E-state index in [0.717, 1.165) is 44.9 Å². The fraction of sp³-hybridized carbons (Fsp3) is 0.708. The maximum Gasteiger partial charge on any atom is 0.257 e. The van der Waals surface area contributed by atoms with E-state index in [2.05, 4.69) is 4.72 Å². The minimum Gasteiger partial charge on any atom is -0.496 e. The highest BCUT2D eigenvalue weighted by molar-refractivity contribution is 7.89. The molecule has 31 heavy (non-hydrogen) atoms. The van der Waals surface area contributed by atoms with Crippen LogP contribution in [0.4, 0.5) is 0 Å². The molecule has 170 valence electrons. The van der Waals surface area contributed by atoms with Gasteiger partial charge in [-0.2, -0.15) is 0 Å². The van der Waals surface area contributed by atoms with Gasteiger partial charge in [0.05, 0.1) is 17.6 Å². The Morgan fingerprint density at radius 1 is 1.00 bits per heavy atom. The summed E-state index contributed by atoms with van der Waals surface area (Å²) in [5, 5.41) is 0. The molecule has 0 unspecified atom stereocenters. The van der Waals surface area contributed by atoms with E-state index in [-0.39, 0.29) is 16.3 Å². The molecule has 0 radical (unpaired) electrons. The number of amides is 1. The lowest BCUT2D eigenvalue weighted by Gasteiger charge is -2.56. The number of nitrogens with zero attached hydrogens (tertiary/aromatic N) is 1. The first-order valence-electron chi connectivity index (χ1n) is 11.9. The summed E-state index contributed by atoms with van der Waals surface area (Å²) in [5.41, 5.74) is 0.0421. The molecule has 5 aliphatic rings. The molecule has 1 N–H and O–H groups in total. The number of methoxy groups -OCH3 is 1. The molecule has 0 atom stereocenters. The summed E-state index contributed by atoms with van der Waals surface area (Å²) in [6, 6.07) is 4.72. The largest absolute Gasteiger partial charge is 0.496 e. The van der Waals surface area contributed by atoms with Gasteiger partial charge in [-0.25, -0.2) is 13.1 Å². The lowest BCUT2D eigenvalue weighted by molar-refractivity contribution is -0.00810. The van der Waals surface area contributed by atoms with Crippen LogP contribution in [-0.4, -0.2) is 45.0 Å². The van der Waals surface area contributed by atoms with E-state index in [9.17, 15) is 13.2 Å². The highest BCUT2D eigenvalue weighted by Gasteiger charge is 2.52. The molecule has 1 aromatic rings. The summed E-state index contributed by atoms with van der Waals surface area (Å²) in [5.74, 6) is 2.27. The van der Waals surface area contributed by atoms with E-state index in [1.807, 2.05) is 4.90 Å². The van der Waals surface area contributed by atoms with Crippen molar-refractivity contribution < 1.29 is 17.9 Å². The van der Waals surface area contributed by atoms with Gasteiger partial charge in [-0.1, -0.05) is 12.8 Å². The number of ether oxygens (including phenoxy) is 1. The van der Waals surface area contributed by atoms with Crippen molar-refractivity contribution in [1.82, 2.24) is 9.62 Å². The molecule has 4 bridgehead atoms. The summed E-state index contributed by atoms with van der Waals surface area (Å²) in [6.45, 7) is 1.43. The number of hydrogen-bond donors (Lipinski definition) is 1. The van der Waals surface area contributed by atoms with Gasteiger partial charge < -0.3 is 9.64 Å². The van der Waals surface area contributed by atoms with Gasteiger partial charge in [0.15, 0.2) is 0 Å². The second kappa shape index (κ2) is 8.07. The fourth-order valence-corrected chi connectivity index (χ4v) is 8.50. The van der Waals surface area contributed by atoms with Crippen molar-refractivity contribution in [3.63, 3.8) is 0 Å². The monoisotopic (exact) mass is 446 g/mol. The molecule has 4 aliphatic carbocycles. The third kappa shape index (κ3) is 4.11. The third-order valence-electron chi connectivity index (χ3n) is 7.99. The van der Waals surface area contributed by atoms with Gasteiger partial charge in [-0.3, -0.25) is 4.79 Å². The van der Waals surface area contributed by atoms with E-state index < -0.39 is 10.0 Å². The summed E-state index contributed by atoms with van der Waals surface area (Å²) in [7, 11) is -2.19. The molecule has 6 nitrogen and oxygen atoms in total. The molecule has 4 saturated carbocycles. The van der Waals surface area contributed by atoms with Gasteiger partial charge in [0.1, 0.15) is 5.75 Å². The molecule has 6 rings (SSSR count). The van der Waals surface area contributed by atoms with Crippen LogP contribution in [0.5, 0.6) is 5.75 Å². The van der Waals surface area contributed by atoms with Gasteiger partial charge in [0.25, 0.3) is 5.91 Å². The highest BCUT2D eigenvalue weighted by Crippen LogP contribution is 2.56. The van der Waals surface area contributed by atoms with Crippen LogP contribution in [0.2, 0.25) is 0 Å². The van der Waals surface area contributed by atoms with Crippen LogP contribution in [0, 0.1) is 17.8 Å². The first kappa shape index (κ1) is 21.3. The zero-order valence-corrected chi connectivity index (χ0v) is 19.3. The van der Waals surface area contributed by atoms with Crippen LogP contribution in [0.1, 0.15) is 74.6 Å². The third-order valence-corrected chi connectivity index (χ3v) is 9.57. The molecule has 1 heterocycles. The van der Waals surface area contributed by atoms with Crippen molar-refractivity contribution in [2.24, 2.45) is 17.8 Å². The SMILES string of the molecule is COc1ccc(S(=O)(=O)NC23CC4CC(CC(C4)C2)C3)cc1C(=O)N1CCCCCC1. The van der Waals surface area contributed by atoms with Gasteiger partial charge in [0.2, 0.25) is 10.0 Å². The number of benzene rings is 1. The maximum absolute atomic E-state index is 13.4. The average Bonchev–Trinajstić information content (AvgIpc) is 3.00. The zero-order valence-electron chi connectivity index (χ0n) is 18.4. The molecule has 1 saturated heterocycles. The molecule has 0 spiro atoms. The van der Waals surface area contributed by atoms with Crippen molar-refractivity contribution in [3.05, 3.63) is 23.8 Å². The predicted octanol–water partition coefficient (Wildman–Crippen LogP) is 3.96. The molecule has 7 heteroatoms. The number of hydrogen-bond acceptors (Lipinski definition) is 4. The minimum absolute atomic E-state index is 0.134. The minimum atomic E-state index is -3.72. The summed E-state index contributed by atoms with van der Waals surface area (Å²) < 4.78 is 35.4. The van der Waals surface area contributed by atoms with Crippen molar-refractivity contribution in [2.45, 2.75) is 74.6 Å². The number of nitrogens with one attached hydrogen (secondary N) is 1. The fourth-order valence-electron chi connectivity index (χ4n) is 7.05. The lowest BCUT2D eigenvalue weighted by atomic mass is 9.53. The van der Waals surface area contributed by atoms with Crippen molar-refractivity contribution in [1.29, 1.82) is 0 Å². The van der Waals surface area contributed by atoms with Gasteiger partial charge in [-0.15, -0.1) is 0 Å². The standard InChI is InChI=1S/C24H34N2O4S/c1-30-22-7-6-20(13-21(22)23(27)26-8-4-2-3-5-9-26)31(28,29)25-24-14-17-10-18(15-24)12-19(11-17)16-24/h6-7,13,17-19,25H,2-5,8-12,14-16H2,1H3. The second-order valence-corrected chi connectivity index (χ2v) is 12.1. The average molecular weight is 447 g/mol. The Hall–Kier alpha value is -1.60. The summed E-state index contributed by atoms with van der Waals surface area (Å²) >= 11 is 0. The Kier molecular flexibility index (Phi) is 5.53. The van der Waals surface area contributed by atoms with E-state index in [0.29, 0.717) is 42.2 Å². The molecule has 1 aromatic carbocycles. The van der Waals surface area contributed by atoms with E-state index in [1.165, 1.54) is 32.4 Å². The highest BCUT2D eigenvalue weighted by atomic mass is 32.2. The Morgan fingerprint density at radius 3 is 2.13 bits per heavy atom. The zero-order chi connectivity index (χ0) is 21.6. The van der Waals surface area contributed by atoms with Crippen LogP contribution in [0.25, 0.3) is 0 Å². The Labute approximate surface area is 185 Å². The molecular formula is C24H34N2O4S. The first-order valence-corrected chi connectivity index (χ1v) is 13.4. The van der Waals surface area contributed by atoms with Crippen LogP contribution in [0.15, 0.2) is 23.1 Å². The van der Waals surface area contributed by atoms with Gasteiger partial charge in [0, 0.05) is 18.6 Å². The van der Waals surface area contributed by atoms with E-state index in [1.54, 1.807) is 12.1 Å². The Morgan fingerprint density at radius 2 is 1.58 bits per heavy atom. The van der Waals surface area contributed by atoms with E-state index in [4.69, 9.17) is 4.74 Å². The van der Waals surface area contributed by atoms with Crippen molar-refractivity contribution >= 4 is 15.9 Å². The van der Waals surface area contributed by atoms with Gasteiger partial charge in [-0.05, 0) is 87.3 Å². The Balaban J connectivity index is 1.42. The molecule has 1 aliphatic heterocycles. The maximum atomic E-state index is 13.4. The molecule has 0 aromatic heterocycles. The molecular weight excluding hydrogens is 412 g/mol. The quantitative estimate of drug-likeness (QED) is 0.743. The van der Waals surface area contributed by atoms with Crippen LogP contribution in [-0.2, 0) is 10.0 Å². The molecule has 5 fully saturated rings. The number of sulfonamides is 1. The number of carbonyl (C=O) groups is 1.